The van der Waals surface area contributed by atoms with Crippen LogP contribution in [0.3, 0.4) is 0 Å². The lowest BCUT2D eigenvalue weighted by atomic mass is 10.1. The first-order valence-electron chi connectivity index (χ1n) is 7.21. The van der Waals surface area contributed by atoms with E-state index in [1.165, 1.54) is 11.1 Å². The van der Waals surface area contributed by atoms with Crippen molar-refractivity contribution in [2.75, 3.05) is 26.4 Å². The normalized spacial score (nSPS) is 12.8. The Bertz CT molecular complexity index is 351. The Morgan fingerprint density at radius 3 is 2.50 bits per heavy atom. The Morgan fingerprint density at radius 2 is 1.85 bits per heavy atom. The van der Waals surface area contributed by atoms with Gasteiger partial charge in [0, 0.05) is 13.1 Å². The molecule has 1 unspecified atom stereocenters. The van der Waals surface area contributed by atoms with Gasteiger partial charge in [0.1, 0.15) is 0 Å². The van der Waals surface area contributed by atoms with Gasteiger partial charge in [0.2, 0.25) is 0 Å². The molecule has 0 saturated carbocycles. The van der Waals surface area contributed by atoms with E-state index in [0.29, 0.717) is 26.4 Å². The van der Waals surface area contributed by atoms with Crippen molar-refractivity contribution >= 4 is 0 Å². The van der Waals surface area contributed by atoms with Crippen molar-refractivity contribution in [2.45, 2.75) is 39.5 Å². The molecule has 1 aromatic carbocycles. The molecule has 0 aliphatic rings. The fourth-order valence-corrected chi connectivity index (χ4v) is 1.71. The maximum atomic E-state index is 9.75. The van der Waals surface area contributed by atoms with Gasteiger partial charge in [0.05, 0.1) is 32.0 Å². The molecular weight excluding hydrogens is 254 g/mol. The van der Waals surface area contributed by atoms with Gasteiger partial charge in [-0.2, -0.15) is 0 Å². The molecule has 0 saturated heterocycles. The van der Waals surface area contributed by atoms with E-state index in [-0.39, 0.29) is 6.10 Å². The number of hydrogen-bond acceptors (Lipinski definition) is 4. The summed E-state index contributed by atoms with van der Waals surface area (Å²) in [6, 6.07) is 8.36. The second kappa shape index (κ2) is 9.88. The molecule has 0 fully saturated rings. The lowest BCUT2D eigenvalue weighted by Crippen LogP contribution is -2.30. The zero-order valence-electron chi connectivity index (χ0n) is 12.8. The first-order valence-corrected chi connectivity index (χ1v) is 7.21. The van der Waals surface area contributed by atoms with E-state index in [4.69, 9.17) is 9.47 Å². The number of benzene rings is 1. The molecule has 4 heteroatoms. The smallest absolute Gasteiger partial charge is 0.0897 e. The number of aryl methyl sites for hydroxylation is 1. The predicted octanol–water partition coefficient (Wildman–Crippen LogP) is 1.89. The average molecular weight is 281 g/mol. The van der Waals surface area contributed by atoms with E-state index in [0.717, 1.165) is 6.54 Å². The molecule has 0 amide bonds. The fraction of sp³-hybridized carbons (Fsp3) is 0.625. The van der Waals surface area contributed by atoms with Gasteiger partial charge in [-0.3, -0.25) is 0 Å². The number of ether oxygens (including phenoxy) is 2. The van der Waals surface area contributed by atoms with E-state index in [1.807, 2.05) is 13.8 Å². The van der Waals surface area contributed by atoms with Gasteiger partial charge in [-0.25, -0.2) is 0 Å². The predicted molar refractivity (Wildman–Crippen MR) is 80.8 cm³/mol. The Balaban J connectivity index is 2.02. The van der Waals surface area contributed by atoms with Crippen LogP contribution in [0.2, 0.25) is 0 Å². The van der Waals surface area contributed by atoms with Crippen molar-refractivity contribution < 1.29 is 14.6 Å². The van der Waals surface area contributed by atoms with Gasteiger partial charge in [-0.15, -0.1) is 0 Å². The first kappa shape index (κ1) is 17.1. The third-order valence-electron chi connectivity index (χ3n) is 2.82. The third kappa shape index (κ3) is 8.27. The molecule has 0 bridgehead atoms. The van der Waals surface area contributed by atoms with E-state index >= 15 is 0 Å². The lowest BCUT2D eigenvalue weighted by molar-refractivity contribution is -0.0100. The van der Waals surface area contributed by atoms with Crippen molar-refractivity contribution in [2.24, 2.45) is 0 Å². The van der Waals surface area contributed by atoms with Crippen LogP contribution in [0.15, 0.2) is 24.3 Å². The molecule has 0 heterocycles. The molecule has 1 rings (SSSR count). The van der Waals surface area contributed by atoms with Crippen LogP contribution in [0, 0.1) is 6.92 Å². The van der Waals surface area contributed by atoms with Gasteiger partial charge < -0.3 is 19.9 Å². The van der Waals surface area contributed by atoms with Crippen LogP contribution in [-0.2, 0) is 16.0 Å². The highest BCUT2D eigenvalue weighted by atomic mass is 16.5. The van der Waals surface area contributed by atoms with Crippen LogP contribution >= 0.6 is 0 Å². The second-order valence-electron chi connectivity index (χ2n) is 5.26. The molecular formula is C16H27NO3. The van der Waals surface area contributed by atoms with Crippen LogP contribution in [0.4, 0.5) is 0 Å². The van der Waals surface area contributed by atoms with E-state index < -0.39 is 6.10 Å². The van der Waals surface area contributed by atoms with Crippen LogP contribution in [0.1, 0.15) is 25.0 Å². The standard InChI is InChI=1S/C16H27NO3/c1-13(2)20-9-8-19-12-16(18)11-17-10-15-6-4-14(3)5-7-15/h4-7,13,16-18H,8-12H2,1-3H3. The summed E-state index contributed by atoms with van der Waals surface area (Å²) < 4.78 is 10.7. The summed E-state index contributed by atoms with van der Waals surface area (Å²) in [5, 5.41) is 13.0. The number of hydrogen-bond donors (Lipinski definition) is 2. The highest BCUT2D eigenvalue weighted by Gasteiger charge is 2.04. The van der Waals surface area contributed by atoms with Crippen LogP contribution in [0.5, 0.6) is 0 Å². The number of aliphatic hydroxyl groups is 1. The summed E-state index contributed by atoms with van der Waals surface area (Å²) in [5.74, 6) is 0. The maximum Gasteiger partial charge on any atom is 0.0897 e. The van der Waals surface area contributed by atoms with Crippen molar-refractivity contribution in [1.82, 2.24) is 5.32 Å². The topological polar surface area (TPSA) is 50.7 Å². The van der Waals surface area contributed by atoms with E-state index in [2.05, 4.69) is 36.5 Å². The van der Waals surface area contributed by atoms with Gasteiger partial charge in [-0.05, 0) is 26.3 Å². The zero-order valence-corrected chi connectivity index (χ0v) is 12.8. The Morgan fingerprint density at radius 1 is 1.15 bits per heavy atom. The van der Waals surface area contributed by atoms with Crippen LogP contribution in [-0.4, -0.2) is 43.7 Å². The zero-order chi connectivity index (χ0) is 14.8. The quantitative estimate of drug-likeness (QED) is 0.643. The summed E-state index contributed by atoms with van der Waals surface area (Å²) in [7, 11) is 0. The maximum absolute atomic E-state index is 9.75. The summed E-state index contributed by atoms with van der Waals surface area (Å²) in [6.45, 7) is 8.76. The molecule has 0 aliphatic carbocycles. The number of aliphatic hydroxyl groups excluding tert-OH is 1. The average Bonchev–Trinajstić information content (AvgIpc) is 2.40. The minimum Gasteiger partial charge on any atom is -0.389 e. The summed E-state index contributed by atoms with van der Waals surface area (Å²) >= 11 is 0. The monoisotopic (exact) mass is 281 g/mol. The Labute approximate surface area is 122 Å². The van der Waals surface area contributed by atoms with E-state index in [1.54, 1.807) is 0 Å². The molecule has 4 nitrogen and oxygen atoms in total. The second-order valence-corrected chi connectivity index (χ2v) is 5.26. The lowest BCUT2D eigenvalue weighted by Gasteiger charge is -2.13. The number of nitrogens with one attached hydrogen (secondary N) is 1. The molecule has 2 N–H and O–H groups in total. The molecule has 0 aliphatic heterocycles. The minimum absolute atomic E-state index is 0.222. The van der Waals surface area contributed by atoms with Crippen molar-refractivity contribution in [1.29, 1.82) is 0 Å². The van der Waals surface area contributed by atoms with Gasteiger partial charge in [0.25, 0.3) is 0 Å². The fourth-order valence-electron chi connectivity index (χ4n) is 1.71. The van der Waals surface area contributed by atoms with Crippen molar-refractivity contribution in [3.63, 3.8) is 0 Å². The van der Waals surface area contributed by atoms with Gasteiger partial charge >= 0.3 is 0 Å². The van der Waals surface area contributed by atoms with Gasteiger partial charge in [0.15, 0.2) is 0 Å². The highest BCUT2D eigenvalue weighted by molar-refractivity contribution is 5.21. The molecule has 1 aromatic rings. The third-order valence-corrected chi connectivity index (χ3v) is 2.82. The summed E-state index contributed by atoms with van der Waals surface area (Å²) in [4.78, 5) is 0. The van der Waals surface area contributed by atoms with Gasteiger partial charge in [-0.1, -0.05) is 29.8 Å². The molecule has 114 valence electrons. The summed E-state index contributed by atoms with van der Waals surface area (Å²) in [6.07, 6.45) is -0.265. The Hall–Kier alpha value is -0.940. The number of rotatable bonds is 10. The molecule has 20 heavy (non-hydrogen) atoms. The minimum atomic E-state index is -0.487. The SMILES string of the molecule is Cc1ccc(CNCC(O)COCCOC(C)C)cc1. The van der Waals surface area contributed by atoms with Crippen molar-refractivity contribution in [3.8, 4) is 0 Å². The summed E-state index contributed by atoms with van der Waals surface area (Å²) in [5.41, 5.74) is 2.47. The molecule has 0 spiro atoms. The first-order chi connectivity index (χ1) is 9.58. The van der Waals surface area contributed by atoms with E-state index in [9.17, 15) is 5.11 Å². The molecule has 0 radical (unpaired) electrons. The van der Waals surface area contributed by atoms with Crippen molar-refractivity contribution in [3.05, 3.63) is 35.4 Å². The highest BCUT2D eigenvalue weighted by Crippen LogP contribution is 2.02. The molecule has 1 atom stereocenters. The van der Waals surface area contributed by atoms with Crippen LogP contribution < -0.4 is 5.32 Å². The largest absolute Gasteiger partial charge is 0.389 e. The Kier molecular flexibility index (Phi) is 8.46. The molecule has 0 aromatic heterocycles. The van der Waals surface area contributed by atoms with Crippen LogP contribution in [0.25, 0.3) is 0 Å².